The van der Waals surface area contributed by atoms with Crippen LogP contribution in [0.5, 0.6) is 11.5 Å². The summed E-state index contributed by atoms with van der Waals surface area (Å²) in [6.45, 7) is 1.29. The zero-order chi connectivity index (χ0) is 28.2. The van der Waals surface area contributed by atoms with Gasteiger partial charge in [0.05, 0.1) is 38.6 Å². The first-order valence-corrected chi connectivity index (χ1v) is 14.1. The highest BCUT2D eigenvalue weighted by atomic mass is 32.2. The van der Waals surface area contributed by atoms with Crippen molar-refractivity contribution in [3.8, 4) is 11.5 Å². The SMILES string of the molecule is CCOC(=O)c1c(O)c(S(=O)(=O)N(Cc2ccc(OC)cc2)[C@@H](CO)C2(OCc3ccccc3)CC2)cn1C. The van der Waals surface area contributed by atoms with Crippen LogP contribution in [0, 0.1) is 0 Å². The molecule has 11 heteroatoms. The van der Waals surface area contributed by atoms with Crippen LogP contribution in [-0.4, -0.2) is 65.4 Å². The van der Waals surface area contributed by atoms with Gasteiger partial charge in [-0.05, 0) is 43.0 Å². The Morgan fingerprint density at radius 2 is 1.77 bits per heavy atom. The van der Waals surface area contributed by atoms with Gasteiger partial charge in [0, 0.05) is 19.8 Å². The summed E-state index contributed by atoms with van der Waals surface area (Å²) in [6, 6.07) is 15.4. The second-order valence-corrected chi connectivity index (χ2v) is 11.3. The van der Waals surface area contributed by atoms with Gasteiger partial charge in [0.15, 0.2) is 11.4 Å². The number of methoxy groups -OCH3 is 1. The number of aryl methyl sites for hydroxylation is 1. The minimum atomic E-state index is -4.45. The van der Waals surface area contributed by atoms with Gasteiger partial charge in [-0.1, -0.05) is 42.5 Å². The molecular formula is C28H34N2O8S. The molecule has 10 nitrogen and oxygen atoms in total. The van der Waals surface area contributed by atoms with E-state index in [0.717, 1.165) is 9.87 Å². The molecule has 2 N–H and O–H groups in total. The molecule has 1 aliphatic rings. The van der Waals surface area contributed by atoms with Gasteiger partial charge in [0.25, 0.3) is 0 Å². The summed E-state index contributed by atoms with van der Waals surface area (Å²) in [5.41, 5.74) is 0.364. The first-order valence-electron chi connectivity index (χ1n) is 12.7. The van der Waals surface area contributed by atoms with E-state index in [2.05, 4.69) is 0 Å². The zero-order valence-corrected chi connectivity index (χ0v) is 23.1. The molecule has 0 unspecified atom stereocenters. The van der Waals surface area contributed by atoms with E-state index in [-0.39, 0.29) is 25.5 Å². The van der Waals surface area contributed by atoms with E-state index in [1.165, 1.54) is 24.9 Å². The van der Waals surface area contributed by atoms with Gasteiger partial charge in [0.1, 0.15) is 10.6 Å². The van der Waals surface area contributed by atoms with Gasteiger partial charge in [-0.25, -0.2) is 13.2 Å². The molecular weight excluding hydrogens is 524 g/mol. The molecule has 0 saturated heterocycles. The fourth-order valence-corrected chi connectivity index (χ4v) is 6.43. The highest BCUT2D eigenvalue weighted by Gasteiger charge is 2.55. The van der Waals surface area contributed by atoms with Crippen LogP contribution in [-0.2, 0) is 39.7 Å². The number of aliphatic hydroxyl groups is 1. The van der Waals surface area contributed by atoms with Crippen LogP contribution >= 0.6 is 0 Å². The molecule has 1 aliphatic carbocycles. The lowest BCUT2D eigenvalue weighted by Crippen LogP contribution is -2.51. The van der Waals surface area contributed by atoms with Crippen LogP contribution in [0.25, 0.3) is 0 Å². The molecule has 3 aromatic rings. The maximum absolute atomic E-state index is 14.2. The maximum atomic E-state index is 14.2. The molecule has 2 aromatic carbocycles. The molecule has 1 atom stereocenters. The third kappa shape index (κ3) is 5.96. The van der Waals surface area contributed by atoms with Gasteiger partial charge in [-0.15, -0.1) is 0 Å². The minimum absolute atomic E-state index is 0.0585. The van der Waals surface area contributed by atoms with E-state index in [1.807, 2.05) is 30.3 Å². The number of aromatic nitrogens is 1. The van der Waals surface area contributed by atoms with Gasteiger partial charge in [-0.2, -0.15) is 4.31 Å². The number of sulfonamides is 1. The van der Waals surface area contributed by atoms with E-state index in [0.29, 0.717) is 24.2 Å². The van der Waals surface area contributed by atoms with Crippen LogP contribution in [0.3, 0.4) is 0 Å². The summed E-state index contributed by atoms with van der Waals surface area (Å²) >= 11 is 0. The Hall–Kier alpha value is -3.38. The summed E-state index contributed by atoms with van der Waals surface area (Å²) in [5, 5.41) is 21.5. The van der Waals surface area contributed by atoms with E-state index >= 15 is 0 Å². The number of esters is 1. The van der Waals surface area contributed by atoms with Crippen LogP contribution < -0.4 is 4.74 Å². The van der Waals surface area contributed by atoms with Gasteiger partial charge < -0.3 is 29.0 Å². The number of aliphatic hydroxyl groups excluding tert-OH is 1. The van der Waals surface area contributed by atoms with Crippen LogP contribution in [0.4, 0.5) is 0 Å². The fourth-order valence-electron chi connectivity index (χ4n) is 4.63. The molecule has 0 radical (unpaired) electrons. The van der Waals surface area contributed by atoms with Crippen LogP contribution in [0.2, 0.25) is 0 Å². The van der Waals surface area contributed by atoms with Gasteiger partial charge >= 0.3 is 5.97 Å². The highest BCUT2D eigenvalue weighted by molar-refractivity contribution is 7.89. The first kappa shape index (κ1) is 28.6. The third-order valence-corrected chi connectivity index (χ3v) is 8.77. The summed E-state index contributed by atoms with van der Waals surface area (Å²) in [5.74, 6) is -0.942. The second-order valence-electron chi connectivity index (χ2n) is 9.46. The number of hydrogen-bond acceptors (Lipinski definition) is 8. The van der Waals surface area contributed by atoms with E-state index in [9.17, 15) is 23.4 Å². The normalized spacial score (nSPS) is 15.2. The van der Waals surface area contributed by atoms with Crippen molar-refractivity contribution in [2.24, 2.45) is 7.05 Å². The lowest BCUT2D eigenvalue weighted by molar-refractivity contribution is -0.0420. The Kier molecular flexibility index (Phi) is 8.65. The molecule has 1 saturated carbocycles. The van der Waals surface area contributed by atoms with Gasteiger partial charge in [0.2, 0.25) is 10.0 Å². The average Bonchev–Trinajstić information content (AvgIpc) is 3.65. The number of benzene rings is 2. The topological polar surface area (TPSA) is 128 Å². The second kappa shape index (κ2) is 11.8. The number of nitrogens with zero attached hydrogens (tertiary/aromatic N) is 2. The molecule has 1 heterocycles. The quantitative estimate of drug-likeness (QED) is 0.306. The molecule has 1 fully saturated rings. The Labute approximate surface area is 228 Å². The lowest BCUT2D eigenvalue weighted by atomic mass is 10.1. The van der Waals surface area contributed by atoms with E-state index in [1.54, 1.807) is 31.2 Å². The van der Waals surface area contributed by atoms with Crippen molar-refractivity contribution < 1.29 is 37.6 Å². The number of carbonyl (C=O) groups excluding carboxylic acids is 1. The zero-order valence-electron chi connectivity index (χ0n) is 22.2. The summed E-state index contributed by atoms with van der Waals surface area (Å²) in [7, 11) is -1.46. The Bertz CT molecular complexity index is 1380. The molecule has 4 rings (SSSR count). The Balaban J connectivity index is 1.74. The predicted molar refractivity (Wildman–Crippen MR) is 143 cm³/mol. The smallest absolute Gasteiger partial charge is 0.358 e. The summed E-state index contributed by atoms with van der Waals surface area (Å²) in [4.78, 5) is 12.0. The molecule has 0 bridgehead atoms. The summed E-state index contributed by atoms with van der Waals surface area (Å²) in [6.07, 6.45) is 2.28. The standard InChI is InChI=1S/C28H34N2O8S/c1-4-37-27(33)25-26(32)23(17-29(25)2)39(34,35)30(16-20-10-12-22(36-3)13-11-20)24(18-31)28(14-15-28)38-19-21-8-6-5-7-9-21/h5-13,17,24,31-32H,4,14-16,18-19H2,1-3H3/t24-/m0/s1. The van der Waals surface area contributed by atoms with Crippen molar-refractivity contribution in [3.05, 3.63) is 77.6 Å². The maximum Gasteiger partial charge on any atom is 0.358 e. The minimum Gasteiger partial charge on any atom is -0.504 e. The molecule has 1 aromatic heterocycles. The monoisotopic (exact) mass is 558 g/mol. The van der Waals surface area contributed by atoms with Gasteiger partial charge in [-0.3, -0.25) is 0 Å². The molecule has 39 heavy (non-hydrogen) atoms. The summed E-state index contributed by atoms with van der Waals surface area (Å²) < 4.78 is 47.2. The number of hydrogen-bond donors (Lipinski definition) is 2. The Morgan fingerprint density at radius 3 is 2.33 bits per heavy atom. The largest absolute Gasteiger partial charge is 0.504 e. The van der Waals surface area contributed by atoms with E-state index in [4.69, 9.17) is 14.2 Å². The number of ether oxygens (including phenoxy) is 3. The van der Waals surface area contributed by atoms with E-state index < -0.39 is 44.9 Å². The van der Waals surface area contributed by atoms with Crippen LogP contribution in [0.1, 0.15) is 41.4 Å². The molecule has 0 aliphatic heterocycles. The number of rotatable bonds is 13. The molecule has 210 valence electrons. The predicted octanol–water partition coefficient (Wildman–Crippen LogP) is 3.22. The van der Waals surface area contributed by atoms with Crippen molar-refractivity contribution in [3.63, 3.8) is 0 Å². The Morgan fingerprint density at radius 1 is 1.10 bits per heavy atom. The third-order valence-electron chi connectivity index (χ3n) is 6.91. The van der Waals surface area contributed by atoms with Crippen molar-refractivity contribution in [1.82, 2.24) is 8.87 Å². The van der Waals surface area contributed by atoms with Crippen molar-refractivity contribution in [1.29, 1.82) is 0 Å². The van der Waals surface area contributed by atoms with Crippen molar-refractivity contribution >= 4 is 16.0 Å². The fraction of sp³-hybridized carbons (Fsp3) is 0.393. The average molecular weight is 559 g/mol. The number of carbonyl (C=O) groups is 1. The van der Waals surface area contributed by atoms with Crippen molar-refractivity contribution in [2.75, 3.05) is 20.3 Å². The molecule has 0 spiro atoms. The van der Waals surface area contributed by atoms with Crippen molar-refractivity contribution in [2.45, 2.75) is 49.5 Å². The van der Waals surface area contributed by atoms with Crippen LogP contribution in [0.15, 0.2) is 65.7 Å². The molecule has 0 amide bonds. The first-order chi connectivity index (χ1) is 18.7. The number of aromatic hydroxyl groups is 1. The highest BCUT2D eigenvalue weighted by Crippen LogP contribution is 2.47. The lowest BCUT2D eigenvalue weighted by Gasteiger charge is -2.35.